The van der Waals surface area contributed by atoms with Gasteiger partial charge in [0, 0.05) is 5.56 Å². The van der Waals surface area contributed by atoms with Crippen LogP contribution < -0.4 is 0 Å². The predicted molar refractivity (Wildman–Crippen MR) is 50.1 cm³/mol. The van der Waals surface area contributed by atoms with Gasteiger partial charge in [-0.3, -0.25) is 0 Å². The molecule has 0 aromatic heterocycles. The molecule has 1 rings (SSSR count). The molecule has 1 aromatic rings. The van der Waals surface area contributed by atoms with Gasteiger partial charge in [-0.25, -0.2) is 0 Å². The molecule has 1 radical (unpaired) electrons. The van der Waals surface area contributed by atoms with Gasteiger partial charge in [0.15, 0.2) is 0 Å². The molecular formula is C8H6Cl3. The zero-order valence-corrected chi connectivity index (χ0v) is 7.92. The van der Waals surface area contributed by atoms with Crippen molar-refractivity contribution in [1.29, 1.82) is 0 Å². The monoisotopic (exact) mass is 207 g/mol. The smallest absolute Gasteiger partial charge is 0.0784 e. The summed E-state index contributed by atoms with van der Waals surface area (Å²) in [5.41, 5.74) is 1.57. The molecule has 59 valence electrons. The Morgan fingerprint density at radius 2 is 1.45 bits per heavy atom. The molecule has 0 bridgehead atoms. The zero-order chi connectivity index (χ0) is 8.48. The van der Waals surface area contributed by atoms with E-state index in [2.05, 4.69) is 6.92 Å². The second kappa shape index (κ2) is 3.22. The van der Waals surface area contributed by atoms with Crippen molar-refractivity contribution in [2.45, 2.75) is 3.79 Å². The summed E-state index contributed by atoms with van der Waals surface area (Å²) < 4.78 is -1.33. The largest absolute Gasteiger partial charge is 0.216 e. The maximum absolute atomic E-state index is 5.62. The van der Waals surface area contributed by atoms with Crippen LogP contribution in [-0.4, -0.2) is 0 Å². The molecule has 0 aliphatic carbocycles. The highest BCUT2D eigenvalue weighted by molar-refractivity contribution is 6.66. The molecule has 0 saturated carbocycles. The SMILES string of the molecule is [CH2]c1ccc(C(Cl)(Cl)Cl)cc1. The Labute approximate surface area is 81.1 Å². The molecule has 0 spiro atoms. The van der Waals surface area contributed by atoms with Crippen molar-refractivity contribution in [3.63, 3.8) is 0 Å². The molecular weight excluding hydrogens is 202 g/mol. The first-order valence-corrected chi connectivity index (χ1v) is 4.13. The number of hydrogen-bond donors (Lipinski definition) is 0. The lowest BCUT2D eigenvalue weighted by molar-refractivity contribution is 1.24. The second-order valence-corrected chi connectivity index (χ2v) is 4.48. The lowest BCUT2D eigenvalue weighted by Gasteiger charge is -2.10. The molecule has 0 aliphatic heterocycles. The number of benzene rings is 1. The van der Waals surface area contributed by atoms with Crippen LogP contribution in [0.1, 0.15) is 11.1 Å². The van der Waals surface area contributed by atoms with Gasteiger partial charge in [0.2, 0.25) is 3.79 Å². The lowest BCUT2D eigenvalue weighted by atomic mass is 10.2. The molecule has 3 heteroatoms. The maximum atomic E-state index is 5.62. The van der Waals surface area contributed by atoms with Crippen molar-refractivity contribution in [1.82, 2.24) is 0 Å². The fourth-order valence-electron chi connectivity index (χ4n) is 0.694. The van der Waals surface area contributed by atoms with Gasteiger partial charge < -0.3 is 0 Å². The van der Waals surface area contributed by atoms with Gasteiger partial charge in [0.05, 0.1) is 0 Å². The Bertz CT molecular complexity index is 233. The number of hydrogen-bond acceptors (Lipinski definition) is 0. The normalized spacial score (nSPS) is 11.6. The van der Waals surface area contributed by atoms with Crippen LogP contribution in [-0.2, 0) is 3.79 Å². The van der Waals surface area contributed by atoms with Crippen molar-refractivity contribution in [2.75, 3.05) is 0 Å². The van der Waals surface area contributed by atoms with E-state index in [-0.39, 0.29) is 0 Å². The topological polar surface area (TPSA) is 0 Å². The summed E-state index contributed by atoms with van der Waals surface area (Å²) in [5, 5.41) is 0. The summed E-state index contributed by atoms with van der Waals surface area (Å²) in [6, 6.07) is 7.10. The van der Waals surface area contributed by atoms with Crippen LogP contribution in [0.25, 0.3) is 0 Å². The highest BCUT2D eigenvalue weighted by Gasteiger charge is 2.21. The van der Waals surface area contributed by atoms with E-state index in [1.54, 1.807) is 24.3 Å². The highest BCUT2D eigenvalue weighted by atomic mass is 35.6. The molecule has 0 atom stereocenters. The van der Waals surface area contributed by atoms with Crippen LogP contribution >= 0.6 is 34.8 Å². The first kappa shape index (κ1) is 9.18. The second-order valence-electron chi connectivity index (χ2n) is 2.19. The van der Waals surface area contributed by atoms with Gasteiger partial charge in [-0.2, -0.15) is 0 Å². The molecule has 11 heavy (non-hydrogen) atoms. The first-order chi connectivity index (χ1) is 5.00. The quantitative estimate of drug-likeness (QED) is 0.571. The molecule has 0 heterocycles. The average Bonchev–Trinajstić information content (AvgIpc) is 1.86. The van der Waals surface area contributed by atoms with Crippen LogP contribution in [0.5, 0.6) is 0 Å². The van der Waals surface area contributed by atoms with Crippen LogP contribution in [0, 0.1) is 6.92 Å². The molecule has 0 N–H and O–H groups in total. The van der Waals surface area contributed by atoms with Gasteiger partial charge in [-0.15, -0.1) is 0 Å². The summed E-state index contributed by atoms with van der Waals surface area (Å²) in [7, 11) is 0. The maximum Gasteiger partial charge on any atom is 0.216 e. The Kier molecular flexibility index (Phi) is 2.69. The van der Waals surface area contributed by atoms with Gasteiger partial charge in [-0.05, 0) is 12.5 Å². The minimum absolute atomic E-state index is 0.662. The molecule has 0 fully saturated rings. The van der Waals surface area contributed by atoms with Gasteiger partial charge in [0.1, 0.15) is 0 Å². The Morgan fingerprint density at radius 1 is 1.00 bits per heavy atom. The predicted octanol–water partition coefficient (Wildman–Crippen LogP) is 3.70. The van der Waals surface area contributed by atoms with E-state index < -0.39 is 3.79 Å². The van der Waals surface area contributed by atoms with Crippen molar-refractivity contribution < 1.29 is 0 Å². The molecule has 0 unspecified atom stereocenters. The zero-order valence-electron chi connectivity index (χ0n) is 5.65. The van der Waals surface area contributed by atoms with Crippen molar-refractivity contribution >= 4 is 34.8 Å². The van der Waals surface area contributed by atoms with Crippen molar-refractivity contribution in [3.8, 4) is 0 Å². The van der Waals surface area contributed by atoms with E-state index >= 15 is 0 Å². The third-order valence-electron chi connectivity index (χ3n) is 1.28. The Balaban J connectivity index is 2.99. The number of alkyl halides is 3. The third-order valence-corrected chi connectivity index (χ3v) is 1.94. The van der Waals surface area contributed by atoms with Crippen LogP contribution in [0.4, 0.5) is 0 Å². The fraction of sp³-hybridized carbons (Fsp3) is 0.125. The summed E-state index contributed by atoms with van der Waals surface area (Å²) in [6.45, 7) is 3.71. The summed E-state index contributed by atoms with van der Waals surface area (Å²) >= 11 is 16.9. The molecule has 0 aliphatic rings. The minimum atomic E-state index is -1.33. The van der Waals surface area contributed by atoms with E-state index in [1.807, 2.05) is 0 Å². The summed E-state index contributed by atoms with van der Waals surface area (Å²) in [6.07, 6.45) is 0. The number of rotatable bonds is 0. The third kappa shape index (κ3) is 2.55. The standard InChI is InChI=1S/C8H6Cl3/c1-6-2-4-7(5-3-6)8(9,10)11/h2-5H,1H2. The first-order valence-electron chi connectivity index (χ1n) is 2.99. The van der Waals surface area contributed by atoms with E-state index in [0.29, 0.717) is 5.56 Å². The van der Waals surface area contributed by atoms with Gasteiger partial charge >= 0.3 is 0 Å². The van der Waals surface area contributed by atoms with Crippen LogP contribution in [0.3, 0.4) is 0 Å². The van der Waals surface area contributed by atoms with Gasteiger partial charge in [-0.1, -0.05) is 59.1 Å². The van der Waals surface area contributed by atoms with Crippen molar-refractivity contribution in [2.24, 2.45) is 0 Å². The average molecular weight is 208 g/mol. The molecule has 0 nitrogen and oxygen atoms in total. The minimum Gasteiger partial charge on any atom is -0.0784 e. The summed E-state index contributed by atoms with van der Waals surface area (Å²) in [4.78, 5) is 0. The van der Waals surface area contributed by atoms with Crippen LogP contribution in [0.15, 0.2) is 24.3 Å². The van der Waals surface area contributed by atoms with Gasteiger partial charge in [0.25, 0.3) is 0 Å². The van der Waals surface area contributed by atoms with E-state index in [9.17, 15) is 0 Å². The van der Waals surface area contributed by atoms with E-state index in [1.165, 1.54) is 0 Å². The molecule has 0 saturated heterocycles. The van der Waals surface area contributed by atoms with E-state index in [0.717, 1.165) is 5.56 Å². The van der Waals surface area contributed by atoms with E-state index in [4.69, 9.17) is 34.8 Å². The van der Waals surface area contributed by atoms with Crippen LogP contribution in [0.2, 0.25) is 0 Å². The van der Waals surface area contributed by atoms with Crippen molar-refractivity contribution in [3.05, 3.63) is 42.3 Å². The fourth-order valence-corrected chi connectivity index (χ4v) is 1.07. The number of halogens is 3. The Hall–Kier alpha value is 0.0900. The summed E-state index contributed by atoms with van der Waals surface area (Å²) in [5.74, 6) is 0. The lowest BCUT2D eigenvalue weighted by Crippen LogP contribution is -1.98. The molecule has 1 aromatic carbocycles. The Morgan fingerprint density at radius 3 is 1.82 bits per heavy atom. The molecule has 0 amide bonds. The highest BCUT2D eigenvalue weighted by Crippen LogP contribution is 2.37.